The van der Waals surface area contributed by atoms with E-state index in [9.17, 15) is 4.39 Å². The first-order valence-electron chi connectivity index (χ1n) is 5.45. The molecule has 1 aromatic heterocycles. The number of hydrogen-bond donors (Lipinski definition) is 0. The Bertz CT molecular complexity index is 631. The first kappa shape index (κ1) is 13.4. The van der Waals surface area contributed by atoms with Gasteiger partial charge >= 0.3 is 0 Å². The second-order valence-corrected chi connectivity index (χ2v) is 3.96. The number of nitrogens with zero attached hydrogens (tertiary/aromatic N) is 2. The van der Waals surface area contributed by atoms with Gasteiger partial charge in [-0.1, -0.05) is 22.2 Å². The Hall–Kier alpha value is -2.06. The first-order valence-corrected chi connectivity index (χ1v) is 5.99. The predicted octanol–water partition coefficient (Wildman–Crippen LogP) is 2.69. The van der Waals surface area contributed by atoms with Crippen LogP contribution in [-0.2, 0) is 6.61 Å². The molecule has 0 radical (unpaired) electrons. The van der Waals surface area contributed by atoms with Crippen molar-refractivity contribution in [3.8, 4) is 17.6 Å². The highest BCUT2D eigenvalue weighted by Crippen LogP contribution is 2.17. The van der Waals surface area contributed by atoms with Crippen LogP contribution in [0.5, 0.6) is 5.75 Å². The summed E-state index contributed by atoms with van der Waals surface area (Å²) in [5.74, 6) is 5.51. The summed E-state index contributed by atoms with van der Waals surface area (Å²) in [4.78, 5) is 0. The molecular weight excluding hydrogens is 271 g/mol. The van der Waals surface area contributed by atoms with Gasteiger partial charge in [0.1, 0.15) is 29.6 Å². The monoisotopic (exact) mass is 280 g/mol. The lowest BCUT2D eigenvalue weighted by atomic mass is 10.2. The van der Waals surface area contributed by atoms with Crippen LogP contribution in [0.2, 0.25) is 0 Å². The van der Waals surface area contributed by atoms with Crippen LogP contribution in [0.25, 0.3) is 0 Å². The molecule has 98 valence electrons. The average molecular weight is 281 g/mol. The highest BCUT2D eigenvalue weighted by Gasteiger charge is 2.07. The number of ether oxygens (including phenoxy) is 1. The second-order valence-electron chi connectivity index (χ2n) is 3.70. The van der Waals surface area contributed by atoms with Gasteiger partial charge in [-0.15, -0.1) is 11.6 Å². The number of rotatable bonds is 3. The van der Waals surface area contributed by atoms with Crippen LogP contribution < -0.4 is 4.74 Å². The Kier molecular flexibility index (Phi) is 4.37. The van der Waals surface area contributed by atoms with E-state index in [2.05, 4.69) is 26.8 Å². The van der Waals surface area contributed by atoms with Gasteiger partial charge in [-0.25, -0.2) is 9.02 Å². The molecule has 0 fully saturated rings. The average Bonchev–Trinajstić information content (AvgIpc) is 2.79. The van der Waals surface area contributed by atoms with E-state index in [1.807, 2.05) is 0 Å². The van der Waals surface area contributed by atoms with Crippen LogP contribution in [0.1, 0.15) is 17.0 Å². The quantitative estimate of drug-likeness (QED) is 0.641. The molecule has 2 aromatic rings. The summed E-state index contributed by atoms with van der Waals surface area (Å²) in [5.41, 5.74) is 1.71. The summed E-state index contributed by atoms with van der Waals surface area (Å²) in [6, 6.07) is 4.22. The third kappa shape index (κ3) is 3.70. The molecule has 6 heteroatoms. The van der Waals surface area contributed by atoms with Crippen LogP contribution in [0, 0.1) is 24.6 Å². The van der Waals surface area contributed by atoms with Gasteiger partial charge in [0.15, 0.2) is 0 Å². The van der Waals surface area contributed by atoms with Gasteiger partial charge in [0.25, 0.3) is 0 Å². The molecule has 0 aliphatic carbocycles. The molecule has 4 nitrogen and oxygen atoms in total. The minimum absolute atomic E-state index is 0.154. The van der Waals surface area contributed by atoms with Crippen molar-refractivity contribution in [1.29, 1.82) is 0 Å². The van der Waals surface area contributed by atoms with Crippen molar-refractivity contribution in [2.75, 3.05) is 5.88 Å². The molecule has 0 aliphatic heterocycles. The fourth-order valence-corrected chi connectivity index (χ4v) is 1.45. The van der Waals surface area contributed by atoms with Crippen LogP contribution in [0.15, 0.2) is 22.8 Å². The standard InChI is InChI=1S/C13H10ClFN2O2/c1-9-13(17-19-16-9)8-18-12-6-10(3-2-4-14)5-11(15)7-12/h5-7H,4,8H2,1H3. The number of hydrogen-bond acceptors (Lipinski definition) is 4. The van der Waals surface area contributed by atoms with E-state index >= 15 is 0 Å². The third-order valence-corrected chi connectivity index (χ3v) is 2.43. The number of benzene rings is 1. The number of alkyl halides is 1. The largest absolute Gasteiger partial charge is 0.487 e. The van der Waals surface area contributed by atoms with Crippen LogP contribution in [0.4, 0.5) is 4.39 Å². The van der Waals surface area contributed by atoms with Crippen molar-refractivity contribution in [2.24, 2.45) is 0 Å². The fourth-order valence-electron chi connectivity index (χ4n) is 1.39. The van der Waals surface area contributed by atoms with E-state index < -0.39 is 5.82 Å². The molecule has 0 unspecified atom stereocenters. The van der Waals surface area contributed by atoms with E-state index in [0.29, 0.717) is 22.7 Å². The third-order valence-electron chi connectivity index (χ3n) is 2.29. The zero-order chi connectivity index (χ0) is 13.7. The van der Waals surface area contributed by atoms with Gasteiger partial charge in [-0.2, -0.15) is 0 Å². The van der Waals surface area contributed by atoms with Crippen LogP contribution in [-0.4, -0.2) is 16.2 Å². The minimum Gasteiger partial charge on any atom is -0.487 e. The van der Waals surface area contributed by atoms with Gasteiger partial charge in [0.2, 0.25) is 0 Å². The summed E-state index contributed by atoms with van der Waals surface area (Å²) in [7, 11) is 0. The molecule has 0 atom stereocenters. The molecule has 0 amide bonds. The number of halogens is 2. The maximum Gasteiger partial charge on any atom is 0.145 e. The smallest absolute Gasteiger partial charge is 0.145 e. The summed E-state index contributed by atoms with van der Waals surface area (Å²) >= 11 is 5.45. The highest BCUT2D eigenvalue weighted by molar-refractivity contribution is 6.19. The number of aromatic nitrogens is 2. The minimum atomic E-state index is -0.425. The lowest BCUT2D eigenvalue weighted by Crippen LogP contribution is -1.98. The maximum absolute atomic E-state index is 13.4. The molecule has 0 aliphatic rings. The summed E-state index contributed by atoms with van der Waals surface area (Å²) < 4.78 is 23.3. The van der Waals surface area contributed by atoms with E-state index in [4.69, 9.17) is 16.3 Å². The van der Waals surface area contributed by atoms with Crippen molar-refractivity contribution in [3.05, 3.63) is 41.0 Å². The van der Waals surface area contributed by atoms with Crippen molar-refractivity contribution in [1.82, 2.24) is 10.3 Å². The Balaban J connectivity index is 2.12. The van der Waals surface area contributed by atoms with Crippen molar-refractivity contribution >= 4 is 11.6 Å². The normalized spacial score (nSPS) is 9.84. The van der Waals surface area contributed by atoms with Gasteiger partial charge in [0, 0.05) is 11.6 Å². The first-order chi connectivity index (χ1) is 9.19. The van der Waals surface area contributed by atoms with E-state index in [-0.39, 0.29) is 12.5 Å². The molecule has 0 bridgehead atoms. The van der Waals surface area contributed by atoms with E-state index in [1.165, 1.54) is 12.1 Å². The van der Waals surface area contributed by atoms with Crippen molar-refractivity contribution in [3.63, 3.8) is 0 Å². The lowest BCUT2D eigenvalue weighted by molar-refractivity contribution is 0.269. The van der Waals surface area contributed by atoms with Crippen molar-refractivity contribution < 1.29 is 13.8 Å². The van der Waals surface area contributed by atoms with Crippen LogP contribution in [0.3, 0.4) is 0 Å². The predicted molar refractivity (Wildman–Crippen MR) is 67.4 cm³/mol. The fraction of sp³-hybridized carbons (Fsp3) is 0.231. The SMILES string of the molecule is Cc1nonc1COc1cc(F)cc(C#CCCl)c1. The maximum atomic E-state index is 13.4. The summed E-state index contributed by atoms with van der Waals surface area (Å²) in [5, 5.41) is 7.30. The molecule has 2 rings (SSSR count). The molecule has 0 N–H and O–H groups in total. The summed E-state index contributed by atoms with van der Waals surface area (Å²) in [6.07, 6.45) is 0. The molecule has 0 saturated heterocycles. The highest BCUT2D eigenvalue weighted by atomic mass is 35.5. The molecule has 19 heavy (non-hydrogen) atoms. The van der Waals surface area contributed by atoms with Gasteiger partial charge in [-0.05, 0) is 19.1 Å². The lowest BCUT2D eigenvalue weighted by Gasteiger charge is -2.05. The van der Waals surface area contributed by atoms with Gasteiger partial charge in [-0.3, -0.25) is 0 Å². The number of aryl methyl sites for hydroxylation is 1. The van der Waals surface area contributed by atoms with E-state index in [0.717, 1.165) is 0 Å². The molecular formula is C13H10ClFN2O2. The topological polar surface area (TPSA) is 48.2 Å². The Morgan fingerprint density at radius 3 is 2.89 bits per heavy atom. The van der Waals surface area contributed by atoms with Crippen molar-refractivity contribution in [2.45, 2.75) is 13.5 Å². The second kappa shape index (κ2) is 6.21. The molecule has 0 spiro atoms. The Morgan fingerprint density at radius 2 is 2.21 bits per heavy atom. The zero-order valence-corrected chi connectivity index (χ0v) is 10.9. The van der Waals surface area contributed by atoms with Crippen LogP contribution >= 0.6 is 11.6 Å². The zero-order valence-electron chi connectivity index (χ0n) is 10.1. The van der Waals surface area contributed by atoms with Gasteiger partial charge in [0.05, 0.1) is 5.88 Å². The molecule has 1 aromatic carbocycles. The Morgan fingerprint density at radius 1 is 1.37 bits per heavy atom. The van der Waals surface area contributed by atoms with Gasteiger partial charge < -0.3 is 4.74 Å². The van der Waals surface area contributed by atoms with E-state index in [1.54, 1.807) is 13.0 Å². The molecule has 1 heterocycles. The summed E-state index contributed by atoms with van der Waals surface area (Å²) in [6.45, 7) is 1.90. The molecule has 0 saturated carbocycles. The Labute approximate surface area is 114 Å².